The van der Waals surface area contributed by atoms with Crippen molar-refractivity contribution < 1.29 is 13.2 Å². The normalized spacial score (nSPS) is 12.7. The van der Waals surface area contributed by atoms with E-state index >= 15 is 0 Å². The SMILES string of the molecule is CCN(CC)C(C(=O)NCCNS(=O)(=O)c1cc(C)ccc1C)c1ccccc1. The summed E-state index contributed by atoms with van der Waals surface area (Å²) in [7, 11) is -3.62. The van der Waals surface area contributed by atoms with E-state index in [-0.39, 0.29) is 23.9 Å². The van der Waals surface area contributed by atoms with Gasteiger partial charge in [-0.2, -0.15) is 0 Å². The minimum atomic E-state index is -3.62. The van der Waals surface area contributed by atoms with Crippen LogP contribution in [0.1, 0.15) is 36.6 Å². The molecule has 2 N–H and O–H groups in total. The van der Waals surface area contributed by atoms with Crippen molar-refractivity contribution in [1.29, 1.82) is 0 Å². The molecule has 1 unspecified atom stereocenters. The maximum Gasteiger partial charge on any atom is 0.242 e. The van der Waals surface area contributed by atoms with Gasteiger partial charge in [0.15, 0.2) is 0 Å². The van der Waals surface area contributed by atoms with Crippen LogP contribution >= 0.6 is 0 Å². The molecule has 0 saturated heterocycles. The Labute approximate surface area is 174 Å². The third kappa shape index (κ3) is 6.13. The highest BCUT2D eigenvalue weighted by Gasteiger charge is 2.25. The predicted molar refractivity (Wildman–Crippen MR) is 116 cm³/mol. The monoisotopic (exact) mass is 417 g/mol. The fourth-order valence-corrected chi connectivity index (χ4v) is 4.65. The Hall–Kier alpha value is -2.22. The summed E-state index contributed by atoms with van der Waals surface area (Å²) in [5.74, 6) is -0.133. The van der Waals surface area contributed by atoms with Gasteiger partial charge in [-0.05, 0) is 49.7 Å². The van der Waals surface area contributed by atoms with Crippen LogP contribution in [0.25, 0.3) is 0 Å². The van der Waals surface area contributed by atoms with Crippen molar-refractivity contribution in [3.8, 4) is 0 Å². The Kier molecular flexibility index (Phi) is 8.37. The van der Waals surface area contributed by atoms with Crippen molar-refractivity contribution in [3.63, 3.8) is 0 Å². The Morgan fingerprint density at radius 3 is 2.28 bits per heavy atom. The summed E-state index contributed by atoms with van der Waals surface area (Å²) < 4.78 is 27.7. The largest absolute Gasteiger partial charge is 0.353 e. The van der Waals surface area contributed by atoms with Crippen molar-refractivity contribution in [1.82, 2.24) is 14.9 Å². The fraction of sp³-hybridized carbons (Fsp3) is 0.409. The Morgan fingerprint density at radius 2 is 1.66 bits per heavy atom. The highest BCUT2D eigenvalue weighted by molar-refractivity contribution is 7.89. The van der Waals surface area contributed by atoms with Gasteiger partial charge in [0.05, 0.1) is 4.90 Å². The second-order valence-electron chi connectivity index (χ2n) is 6.99. The van der Waals surface area contributed by atoms with Gasteiger partial charge in [0.2, 0.25) is 15.9 Å². The molecule has 0 spiro atoms. The molecular weight excluding hydrogens is 386 g/mol. The number of amides is 1. The summed E-state index contributed by atoms with van der Waals surface area (Å²) >= 11 is 0. The fourth-order valence-electron chi connectivity index (χ4n) is 3.29. The van der Waals surface area contributed by atoms with Crippen LogP contribution < -0.4 is 10.0 Å². The average Bonchev–Trinajstić information content (AvgIpc) is 2.71. The summed E-state index contributed by atoms with van der Waals surface area (Å²) in [5.41, 5.74) is 2.50. The number of rotatable bonds is 10. The molecule has 2 aromatic carbocycles. The maximum absolute atomic E-state index is 12.9. The second-order valence-corrected chi connectivity index (χ2v) is 8.73. The number of carbonyl (C=O) groups excluding carboxylic acids is 1. The number of likely N-dealkylation sites (N-methyl/N-ethyl adjacent to an activating group) is 1. The Morgan fingerprint density at radius 1 is 1.00 bits per heavy atom. The minimum absolute atomic E-state index is 0.126. The molecule has 6 nitrogen and oxygen atoms in total. The molecule has 7 heteroatoms. The molecule has 0 saturated carbocycles. The third-order valence-corrected chi connectivity index (χ3v) is 6.49. The van der Waals surface area contributed by atoms with Crippen LogP contribution in [0.5, 0.6) is 0 Å². The van der Waals surface area contributed by atoms with E-state index in [4.69, 9.17) is 0 Å². The van der Waals surface area contributed by atoms with E-state index in [1.807, 2.05) is 57.2 Å². The number of benzene rings is 2. The lowest BCUT2D eigenvalue weighted by molar-refractivity contribution is -0.126. The van der Waals surface area contributed by atoms with Crippen LogP contribution in [-0.4, -0.2) is 45.4 Å². The van der Waals surface area contributed by atoms with Crippen LogP contribution in [0.15, 0.2) is 53.4 Å². The summed E-state index contributed by atoms with van der Waals surface area (Å²) in [6.07, 6.45) is 0. The molecule has 0 aromatic heterocycles. The number of nitrogens with zero attached hydrogens (tertiary/aromatic N) is 1. The van der Waals surface area contributed by atoms with Crippen molar-refractivity contribution >= 4 is 15.9 Å². The minimum Gasteiger partial charge on any atom is -0.353 e. The van der Waals surface area contributed by atoms with E-state index in [1.54, 1.807) is 19.1 Å². The standard InChI is InChI=1S/C22H31N3O3S/c1-5-25(6-2)21(19-10-8-7-9-11-19)22(26)23-14-15-24-29(27,28)20-16-17(3)12-13-18(20)4/h7-13,16,21,24H,5-6,14-15H2,1-4H3,(H,23,26). The first-order chi connectivity index (χ1) is 13.8. The van der Waals surface area contributed by atoms with E-state index in [0.717, 1.165) is 24.2 Å². The molecule has 0 bridgehead atoms. The number of hydrogen-bond donors (Lipinski definition) is 2. The molecule has 0 heterocycles. The van der Waals surface area contributed by atoms with Crippen LogP contribution in [-0.2, 0) is 14.8 Å². The number of carbonyl (C=O) groups is 1. The van der Waals surface area contributed by atoms with Gasteiger partial charge in [0.25, 0.3) is 0 Å². The van der Waals surface area contributed by atoms with Gasteiger partial charge in [0, 0.05) is 13.1 Å². The predicted octanol–water partition coefficient (Wildman–Crippen LogP) is 2.78. The molecule has 158 valence electrons. The Bertz CT molecular complexity index is 910. The third-order valence-electron chi connectivity index (χ3n) is 4.89. The number of sulfonamides is 1. The van der Waals surface area contributed by atoms with Gasteiger partial charge in [0.1, 0.15) is 6.04 Å². The van der Waals surface area contributed by atoms with Crippen molar-refractivity contribution in [2.24, 2.45) is 0 Å². The van der Waals surface area contributed by atoms with Crippen molar-refractivity contribution in [2.75, 3.05) is 26.2 Å². The van der Waals surface area contributed by atoms with Gasteiger partial charge in [-0.3, -0.25) is 9.69 Å². The molecule has 1 amide bonds. The highest BCUT2D eigenvalue weighted by atomic mass is 32.2. The van der Waals surface area contributed by atoms with Gasteiger partial charge < -0.3 is 5.32 Å². The zero-order valence-electron chi connectivity index (χ0n) is 17.6. The van der Waals surface area contributed by atoms with Crippen LogP contribution in [0.2, 0.25) is 0 Å². The van der Waals surface area contributed by atoms with Gasteiger partial charge >= 0.3 is 0 Å². The second kappa shape index (κ2) is 10.5. The molecule has 0 aliphatic rings. The highest BCUT2D eigenvalue weighted by Crippen LogP contribution is 2.20. The number of aryl methyl sites for hydroxylation is 2. The molecule has 2 aromatic rings. The molecule has 0 aliphatic carbocycles. The lowest BCUT2D eigenvalue weighted by Gasteiger charge is -2.29. The number of hydrogen-bond acceptors (Lipinski definition) is 4. The first-order valence-electron chi connectivity index (χ1n) is 9.93. The average molecular weight is 418 g/mol. The molecule has 29 heavy (non-hydrogen) atoms. The first kappa shape index (κ1) is 23.1. The van der Waals surface area contributed by atoms with E-state index in [0.29, 0.717) is 5.56 Å². The summed E-state index contributed by atoms with van der Waals surface area (Å²) in [4.78, 5) is 15.2. The van der Waals surface area contributed by atoms with E-state index in [9.17, 15) is 13.2 Å². The van der Waals surface area contributed by atoms with E-state index in [1.165, 1.54) is 0 Å². The molecule has 0 aliphatic heterocycles. The number of nitrogens with one attached hydrogen (secondary N) is 2. The summed E-state index contributed by atoms with van der Waals surface area (Å²) in [6, 6.07) is 14.5. The topological polar surface area (TPSA) is 78.5 Å². The van der Waals surface area contributed by atoms with Crippen LogP contribution in [0.4, 0.5) is 0 Å². The summed E-state index contributed by atoms with van der Waals surface area (Å²) in [5, 5.41) is 2.87. The zero-order chi connectivity index (χ0) is 21.4. The lowest BCUT2D eigenvalue weighted by Crippen LogP contribution is -2.43. The van der Waals surface area contributed by atoms with E-state index < -0.39 is 16.1 Å². The van der Waals surface area contributed by atoms with Gasteiger partial charge in [-0.25, -0.2) is 13.1 Å². The smallest absolute Gasteiger partial charge is 0.242 e. The molecule has 1 atom stereocenters. The van der Waals surface area contributed by atoms with Crippen LogP contribution in [0.3, 0.4) is 0 Å². The molecule has 2 rings (SSSR count). The van der Waals surface area contributed by atoms with Crippen molar-refractivity contribution in [2.45, 2.75) is 38.6 Å². The first-order valence-corrected chi connectivity index (χ1v) is 11.4. The Balaban J connectivity index is 2.01. The maximum atomic E-state index is 12.9. The van der Waals surface area contributed by atoms with E-state index in [2.05, 4.69) is 14.9 Å². The van der Waals surface area contributed by atoms with Gasteiger partial charge in [-0.1, -0.05) is 56.3 Å². The lowest BCUT2D eigenvalue weighted by atomic mass is 10.0. The van der Waals surface area contributed by atoms with Crippen molar-refractivity contribution in [3.05, 3.63) is 65.2 Å². The quantitative estimate of drug-likeness (QED) is 0.583. The van der Waals surface area contributed by atoms with Crippen LogP contribution in [0, 0.1) is 13.8 Å². The van der Waals surface area contributed by atoms with Gasteiger partial charge in [-0.15, -0.1) is 0 Å². The molecule has 0 fully saturated rings. The molecule has 0 radical (unpaired) electrons. The molecular formula is C22H31N3O3S. The summed E-state index contributed by atoms with van der Waals surface area (Å²) in [6.45, 7) is 9.48. The zero-order valence-corrected chi connectivity index (χ0v) is 18.4.